The molecule has 0 bridgehead atoms. The fourth-order valence-electron chi connectivity index (χ4n) is 2.76. The number of thiazole rings is 1. The van der Waals surface area contributed by atoms with Crippen molar-refractivity contribution in [2.45, 2.75) is 11.4 Å². The van der Waals surface area contributed by atoms with Gasteiger partial charge in [0.15, 0.2) is 10.8 Å². The minimum absolute atomic E-state index is 0.0420. The molecule has 0 spiro atoms. The first-order chi connectivity index (χ1) is 14.2. The zero-order valence-corrected chi connectivity index (χ0v) is 16.7. The van der Waals surface area contributed by atoms with Gasteiger partial charge in [0, 0.05) is 11.1 Å². The summed E-state index contributed by atoms with van der Waals surface area (Å²) in [6.45, 7) is 2.77. The lowest BCUT2D eigenvalue weighted by Crippen LogP contribution is -2.71. The van der Waals surface area contributed by atoms with Gasteiger partial charge in [0.1, 0.15) is 22.8 Å². The zero-order valence-electron chi connectivity index (χ0n) is 15.1. The van der Waals surface area contributed by atoms with E-state index in [1.165, 1.54) is 23.2 Å². The van der Waals surface area contributed by atoms with Gasteiger partial charge in [-0.3, -0.25) is 14.5 Å². The van der Waals surface area contributed by atoms with Gasteiger partial charge in [0.05, 0.1) is 0 Å². The van der Waals surface area contributed by atoms with Crippen LogP contribution in [-0.4, -0.2) is 73.3 Å². The molecule has 2 aliphatic rings. The maximum Gasteiger partial charge on any atom is 0.352 e. The topological polar surface area (TPSA) is 185 Å². The van der Waals surface area contributed by atoms with Crippen LogP contribution >= 0.6 is 23.1 Å². The summed E-state index contributed by atoms with van der Waals surface area (Å²) in [6.07, 6.45) is 1.38. The molecule has 30 heavy (non-hydrogen) atoms. The number of carboxylic acids is 2. The molecule has 0 aromatic carbocycles. The van der Waals surface area contributed by atoms with E-state index >= 15 is 0 Å². The van der Waals surface area contributed by atoms with Crippen molar-refractivity contribution in [3.63, 3.8) is 0 Å². The first-order valence-electron chi connectivity index (χ1n) is 8.22. The van der Waals surface area contributed by atoms with E-state index in [1.54, 1.807) is 0 Å². The molecule has 1 fully saturated rings. The second kappa shape index (κ2) is 8.54. The van der Waals surface area contributed by atoms with Crippen molar-refractivity contribution >= 4 is 57.7 Å². The average Bonchev–Trinajstić information content (AvgIpc) is 3.13. The molecule has 1 aromatic heterocycles. The number of thioether (sulfide) groups is 1. The molecule has 2 aliphatic heterocycles. The molecule has 0 saturated carbocycles. The quantitative estimate of drug-likeness (QED) is 0.226. The number of nitrogen functional groups attached to an aromatic ring is 1. The number of amides is 2. The normalized spacial score (nSPS) is 20.9. The summed E-state index contributed by atoms with van der Waals surface area (Å²) in [4.78, 5) is 57.1. The predicted octanol–water partition coefficient (Wildman–Crippen LogP) is -0.545. The predicted molar refractivity (Wildman–Crippen MR) is 107 cm³/mol. The van der Waals surface area contributed by atoms with Gasteiger partial charge in [-0.1, -0.05) is 17.8 Å². The van der Waals surface area contributed by atoms with E-state index in [4.69, 9.17) is 10.8 Å². The Morgan fingerprint density at radius 3 is 2.77 bits per heavy atom. The van der Waals surface area contributed by atoms with Gasteiger partial charge in [0.2, 0.25) is 6.61 Å². The van der Waals surface area contributed by atoms with Gasteiger partial charge in [-0.25, -0.2) is 14.6 Å². The highest BCUT2D eigenvalue weighted by atomic mass is 32.2. The highest BCUT2D eigenvalue weighted by Crippen LogP contribution is 2.40. The van der Waals surface area contributed by atoms with Crippen LogP contribution in [0.15, 0.2) is 34.5 Å². The number of oxime groups is 1. The Hall–Kier alpha value is -3.39. The van der Waals surface area contributed by atoms with Gasteiger partial charge < -0.3 is 26.1 Å². The Bertz CT molecular complexity index is 1000. The Labute approximate surface area is 177 Å². The molecule has 2 amide bonds. The molecule has 158 valence electrons. The second-order valence-corrected chi connectivity index (χ2v) is 7.92. The van der Waals surface area contributed by atoms with E-state index in [-0.39, 0.29) is 22.2 Å². The maximum absolute atomic E-state index is 12.7. The Morgan fingerprint density at radius 1 is 1.47 bits per heavy atom. The molecule has 12 nitrogen and oxygen atoms in total. The van der Waals surface area contributed by atoms with Crippen LogP contribution in [0, 0.1) is 0 Å². The van der Waals surface area contributed by atoms with Crippen LogP contribution in [0.3, 0.4) is 0 Å². The van der Waals surface area contributed by atoms with Crippen LogP contribution in [0.5, 0.6) is 0 Å². The van der Waals surface area contributed by atoms with Crippen molar-refractivity contribution < 1.29 is 34.2 Å². The van der Waals surface area contributed by atoms with Crippen molar-refractivity contribution in [1.82, 2.24) is 15.2 Å². The number of hydrogen-bond donors (Lipinski definition) is 4. The first kappa shape index (κ1) is 21.3. The number of allylic oxidation sites excluding steroid dienone is 1. The minimum Gasteiger partial charge on any atom is -0.479 e. The zero-order chi connectivity index (χ0) is 22.0. The van der Waals surface area contributed by atoms with Crippen LogP contribution in [0.1, 0.15) is 5.69 Å². The van der Waals surface area contributed by atoms with Crippen LogP contribution in [0.4, 0.5) is 5.13 Å². The lowest BCUT2D eigenvalue weighted by atomic mass is 10.0. The van der Waals surface area contributed by atoms with Gasteiger partial charge in [-0.2, -0.15) is 0 Å². The van der Waals surface area contributed by atoms with Gasteiger partial charge >= 0.3 is 11.9 Å². The third kappa shape index (κ3) is 3.99. The standard InChI is InChI=1S/C16H15N5O7S2/c1-2-6-4-29-14-10(13(25)21(14)11(6)15(26)27)19-12(24)9(20-28-3-8(22)23)7-5-30-16(17)18-7/h2,5,10,14H,1,3-4H2,(H2,17,18)(H,19,24)(H,22,23)(H,26,27)/t10-,14?/m1/s1. The molecule has 3 rings (SSSR count). The van der Waals surface area contributed by atoms with E-state index < -0.39 is 41.8 Å². The summed E-state index contributed by atoms with van der Waals surface area (Å²) in [5.74, 6) is -3.72. The Morgan fingerprint density at radius 2 is 2.20 bits per heavy atom. The summed E-state index contributed by atoms with van der Waals surface area (Å²) in [5, 5.41) is 25.0. The van der Waals surface area contributed by atoms with Crippen molar-refractivity contribution in [3.8, 4) is 0 Å². The van der Waals surface area contributed by atoms with Crippen LogP contribution in [0.2, 0.25) is 0 Å². The van der Waals surface area contributed by atoms with Gasteiger partial charge in [-0.05, 0) is 5.57 Å². The van der Waals surface area contributed by atoms with Crippen molar-refractivity contribution in [1.29, 1.82) is 0 Å². The summed E-state index contributed by atoms with van der Waals surface area (Å²) in [7, 11) is 0. The largest absolute Gasteiger partial charge is 0.479 e. The molecule has 2 atom stereocenters. The molecule has 1 unspecified atom stereocenters. The lowest BCUT2D eigenvalue weighted by molar-refractivity contribution is -0.150. The maximum atomic E-state index is 12.7. The third-order valence-electron chi connectivity index (χ3n) is 4.06. The van der Waals surface area contributed by atoms with Crippen LogP contribution in [-0.2, 0) is 24.0 Å². The molecule has 1 saturated heterocycles. The Balaban J connectivity index is 1.79. The van der Waals surface area contributed by atoms with E-state index in [0.29, 0.717) is 11.3 Å². The average molecular weight is 453 g/mol. The van der Waals surface area contributed by atoms with Crippen molar-refractivity contribution in [2.24, 2.45) is 5.16 Å². The van der Waals surface area contributed by atoms with Crippen LogP contribution in [0.25, 0.3) is 0 Å². The summed E-state index contributed by atoms with van der Waals surface area (Å²) in [6, 6.07) is -1.01. The number of nitrogens with two attached hydrogens (primary N) is 1. The number of rotatable bonds is 8. The smallest absolute Gasteiger partial charge is 0.352 e. The monoisotopic (exact) mass is 453 g/mol. The number of carbonyl (C=O) groups is 4. The fraction of sp³-hybridized carbons (Fsp3) is 0.250. The van der Waals surface area contributed by atoms with Crippen molar-refractivity contribution in [2.75, 3.05) is 18.1 Å². The molecule has 0 aliphatic carbocycles. The summed E-state index contributed by atoms with van der Waals surface area (Å²) >= 11 is 2.30. The number of aromatic nitrogens is 1. The summed E-state index contributed by atoms with van der Waals surface area (Å²) in [5.41, 5.74) is 5.48. The van der Waals surface area contributed by atoms with E-state index in [0.717, 1.165) is 16.2 Å². The molecule has 1 aromatic rings. The molecular weight excluding hydrogens is 438 g/mol. The number of β-lactam (4-membered cyclic amide) rings is 1. The minimum atomic E-state index is -1.30. The van der Waals surface area contributed by atoms with E-state index in [1.807, 2.05) is 0 Å². The number of carbonyl (C=O) groups excluding carboxylic acids is 2. The molecule has 0 radical (unpaired) electrons. The molecule has 5 N–H and O–H groups in total. The number of nitrogens with one attached hydrogen (secondary N) is 1. The molecule has 14 heteroatoms. The Kier molecular flexibility index (Phi) is 6.07. The number of aliphatic carboxylic acids is 2. The number of carboxylic acid groups (broad SMARTS) is 2. The van der Waals surface area contributed by atoms with E-state index in [2.05, 4.69) is 26.9 Å². The number of nitrogens with zero attached hydrogens (tertiary/aromatic N) is 3. The third-order valence-corrected chi connectivity index (χ3v) is 6.03. The van der Waals surface area contributed by atoms with Crippen LogP contribution < -0.4 is 11.1 Å². The summed E-state index contributed by atoms with van der Waals surface area (Å²) < 4.78 is 0. The van der Waals surface area contributed by atoms with E-state index in [9.17, 15) is 24.3 Å². The highest BCUT2D eigenvalue weighted by Gasteiger charge is 2.54. The lowest BCUT2D eigenvalue weighted by Gasteiger charge is -2.49. The highest BCUT2D eigenvalue weighted by molar-refractivity contribution is 8.00. The fourth-order valence-corrected chi connectivity index (χ4v) is 4.65. The SMILES string of the molecule is C=CC1=C(C(=O)O)N2C(=O)[C@@H](NC(=O)C(=NOCC(=O)O)c3csc(N)n3)C2SC1. The number of anilines is 1. The number of fused-ring (bicyclic) bond motifs is 1. The molecule has 3 heterocycles. The molecular formula is C16H15N5O7S2. The second-order valence-electron chi connectivity index (χ2n) is 5.92. The number of hydrogen-bond acceptors (Lipinski definition) is 10. The first-order valence-corrected chi connectivity index (χ1v) is 10.1. The van der Waals surface area contributed by atoms with Gasteiger partial charge in [-0.15, -0.1) is 23.1 Å². The van der Waals surface area contributed by atoms with Gasteiger partial charge in [0.25, 0.3) is 11.8 Å². The van der Waals surface area contributed by atoms with Crippen molar-refractivity contribution in [3.05, 3.63) is 35.0 Å².